The van der Waals surface area contributed by atoms with Crippen LogP contribution in [0.3, 0.4) is 0 Å². The van der Waals surface area contributed by atoms with E-state index in [9.17, 15) is 9.18 Å². The zero-order valence-electron chi connectivity index (χ0n) is 12.0. The summed E-state index contributed by atoms with van der Waals surface area (Å²) in [6, 6.07) is 6.52. The molecule has 6 nitrogen and oxygen atoms in total. The molecular formula is C14H16FN5OS. The standard InChI is InChI=1S/C14H16FN5OS/c1-8(13(21)17-9-6-7-9)22-14-19-18-12(20(14)16)10-4-2-3-5-11(10)15/h2-5,8-9H,6-7,16H2,1H3,(H,17,21). The Morgan fingerprint density at radius 3 is 2.86 bits per heavy atom. The Labute approximate surface area is 131 Å². The number of carbonyl (C=O) groups is 1. The molecule has 1 fully saturated rings. The van der Waals surface area contributed by atoms with Crippen molar-refractivity contribution in [3.63, 3.8) is 0 Å². The molecule has 8 heteroatoms. The van der Waals surface area contributed by atoms with Crippen molar-refractivity contribution in [2.75, 3.05) is 5.84 Å². The van der Waals surface area contributed by atoms with Crippen LogP contribution in [-0.4, -0.2) is 32.1 Å². The van der Waals surface area contributed by atoms with Crippen molar-refractivity contribution in [2.24, 2.45) is 0 Å². The van der Waals surface area contributed by atoms with Crippen LogP contribution in [0.2, 0.25) is 0 Å². The quantitative estimate of drug-likeness (QED) is 0.645. The summed E-state index contributed by atoms with van der Waals surface area (Å²) >= 11 is 1.20. The Balaban J connectivity index is 1.75. The molecule has 1 heterocycles. The van der Waals surface area contributed by atoms with E-state index in [2.05, 4.69) is 15.5 Å². The molecule has 1 saturated carbocycles. The number of hydrogen-bond donors (Lipinski definition) is 2. The summed E-state index contributed by atoms with van der Waals surface area (Å²) in [6.07, 6.45) is 2.07. The minimum absolute atomic E-state index is 0.0528. The zero-order chi connectivity index (χ0) is 15.7. The molecule has 0 aliphatic heterocycles. The molecule has 1 atom stereocenters. The fourth-order valence-corrected chi connectivity index (χ4v) is 2.72. The van der Waals surface area contributed by atoms with Gasteiger partial charge in [0.05, 0.1) is 10.8 Å². The highest BCUT2D eigenvalue weighted by atomic mass is 32.2. The van der Waals surface area contributed by atoms with Gasteiger partial charge in [0.2, 0.25) is 11.1 Å². The molecule has 3 N–H and O–H groups in total. The van der Waals surface area contributed by atoms with Crippen LogP contribution in [0.25, 0.3) is 11.4 Å². The van der Waals surface area contributed by atoms with Crippen molar-refractivity contribution in [3.05, 3.63) is 30.1 Å². The molecule has 1 amide bonds. The van der Waals surface area contributed by atoms with E-state index >= 15 is 0 Å². The molecule has 0 saturated heterocycles. The minimum atomic E-state index is -0.419. The summed E-state index contributed by atoms with van der Waals surface area (Å²) in [5, 5.41) is 10.8. The van der Waals surface area contributed by atoms with E-state index in [0.717, 1.165) is 12.8 Å². The highest BCUT2D eigenvalue weighted by molar-refractivity contribution is 8.00. The number of aromatic nitrogens is 3. The number of hydrogen-bond acceptors (Lipinski definition) is 5. The van der Waals surface area contributed by atoms with Crippen LogP contribution in [0.15, 0.2) is 29.4 Å². The number of nitrogen functional groups attached to an aromatic ring is 1. The first-order valence-corrected chi connectivity index (χ1v) is 7.86. The van der Waals surface area contributed by atoms with Gasteiger partial charge >= 0.3 is 0 Å². The Bertz CT molecular complexity index is 700. The second-order valence-electron chi connectivity index (χ2n) is 5.20. The van der Waals surface area contributed by atoms with E-state index in [1.807, 2.05) is 0 Å². The second kappa shape index (κ2) is 5.96. The molecule has 1 aliphatic rings. The summed E-state index contributed by atoms with van der Waals surface area (Å²) in [4.78, 5) is 11.9. The SMILES string of the molecule is CC(Sc1nnc(-c2ccccc2F)n1N)C(=O)NC1CC1. The third kappa shape index (κ3) is 3.06. The predicted octanol–water partition coefficient (Wildman–Crippen LogP) is 1.56. The second-order valence-corrected chi connectivity index (χ2v) is 6.51. The molecule has 0 spiro atoms. The summed E-state index contributed by atoms with van der Waals surface area (Å²) in [5.41, 5.74) is 0.277. The van der Waals surface area contributed by atoms with Gasteiger partial charge in [-0.2, -0.15) is 0 Å². The fourth-order valence-electron chi connectivity index (χ4n) is 1.94. The molecule has 22 heavy (non-hydrogen) atoms. The summed E-state index contributed by atoms with van der Waals surface area (Å²) in [5.74, 6) is 5.70. The van der Waals surface area contributed by atoms with Crippen molar-refractivity contribution in [1.29, 1.82) is 0 Å². The predicted molar refractivity (Wildman–Crippen MR) is 82.1 cm³/mol. The minimum Gasteiger partial charge on any atom is -0.352 e. The average molecular weight is 321 g/mol. The first-order chi connectivity index (χ1) is 10.6. The molecule has 0 radical (unpaired) electrons. The van der Waals surface area contributed by atoms with E-state index in [-0.39, 0.29) is 22.5 Å². The van der Waals surface area contributed by atoms with Gasteiger partial charge in [0.1, 0.15) is 5.82 Å². The van der Waals surface area contributed by atoms with Crippen molar-refractivity contribution in [1.82, 2.24) is 20.2 Å². The van der Waals surface area contributed by atoms with Gasteiger partial charge in [-0.25, -0.2) is 9.07 Å². The van der Waals surface area contributed by atoms with Gasteiger partial charge in [0.25, 0.3) is 0 Å². The molecule has 0 bridgehead atoms. The first kappa shape index (κ1) is 14.8. The third-order valence-corrected chi connectivity index (χ3v) is 4.41. The first-order valence-electron chi connectivity index (χ1n) is 6.98. The number of carbonyl (C=O) groups excluding carboxylic acids is 1. The van der Waals surface area contributed by atoms with Gasteiger partial charge in [0.15, 0.2) is 5.82 Å². The smallest absolute Gasteiger partial charge is 0.233 e. The van der Waals surface area contributed by atoms with Crippen LogP contribution < -0.4 is 11.2 Å². The van der Waals surface area contributed by atoms with Crippen LogP contribution in [0.5, 0.6) is 0 Å². The van der Waals surface area contributed by atoms with E-state index in [1.54, 1.807) is 25.1 Å². The topological polar surface area (TPSA) is 85.8 Å². The third-order valence-electron chi connectivity index (χ3n) is 3.35. The molecule has 3 rings (SSSR count). The Morgan fingerprint density at radius 2 is 2.18 bits per heavy atom. The van der Waals surface area contributed by atoms with Gasteiger partial charge in [-0.05, 0) is 31.9 Å². The molecule has 1 unspecified atom stereocenters. The van der Waals surface area contributed by atoms with Gasteiger partial charge in [-0.1, -0.05) is 23.9 Å². The van der Waals surface area contributed by atoms with Crippen LogP contribution in [0.4, 0.5) is 4.39 Å². The number of nitrogens with zero attached hydrogens (tertiary/aromatic N) is 3. The fraction of sp³-hybridized carbons (Fsp3) is 0.357. The Hall–Kier alpha value is -2.09. The number of halogens is 1. The normalized spacial score (nSPS) is 15.5. The van der Waals surface area contributed by atoms with Crippen LogP contribution in [0.1, 0.15) is 19.8 Å². The summed E-state index contributed by atoms with van der Waals surface area (Å²) in [6.45, 7) is 1.78. The molecule has 1 aromatic carbocycles. The number of rotatable bonds is 5. The van der Waals surface area contributed by atoms with E-state index in [1.165, 1.54) is 22.5 Å². The van der Waals surface area contributed by atoms with Crippen LogP contribution in [-0.2, 0) is 4.79 Å². The van der Waals surface area contributed by atoms with Gasteiger partial charge < -0.3 is 11.2 Å². The van der Waals surface area contributed by atoms with Gasteiger partial charge in [-0.15, -0.1) is 10.2 Å². The Morgan fingerprint density at radius 1 is 1.45 bits per heavy atom. The molecule has 1 aliphatic carbocycles. The Kier molecular flexibility index (Phi) is 4.02. The van der Waals surface area contributed by atoms with Crippen molar-refractivity contribution >= 4 is 17.7 Å². The maximum absolute atomic E-state index is 13.8. The highest BCUT2D eigenvalue weighted by Crippen LogP contribution is 2.27. The van der Waals surface area contributed by atoms with Crippen molar-refractivity contribution in [2.45, 2.75) is 36.2 Å². The lowest BCUT2D eigenvalue weighted by Crippen LogP contribution is -2.32. The molecule has 116 valence electrons. The van der Waals surface area contributed by atoms with Crippen LogP contribution in [0, 0.1) is 5.82 Å². The van der Waals surface area contributed by atoms with Crippen molar-refractivity contribution < 1.29 is 9.18 Å². The average Bonchev–Trinajstić information content (AvgIpc) is 3.24. The maximum Gasteiger partial charge on any atom is 0.233 e. The summed E-state index contributed by atoms with van der Waals surface area (Å²) in [7, 11) is 0. The van der Waals surface area contributed by atoms with Crippen LogP contribution >= 0.6 is 11.8 Å². The van der Waals surface area contributed by atoms with Gasteiger partial charge in [0, 0.05) is 6.04 Å². The number of benzene rings is 1. The molecular weight excluding hydrogens is 305 g/mol. The zero-order valence-corrected chi connectivity index (χ0v) is 12.8. The lowest BCUT2D eigenvalue weighted by Gasteiger charge is -2.10. The van der Waals surface area contributed by atoms with E-state index in [4.69, 9.17) is 5.84 Å². The monoisotopic (exact) mass is 321 g/mol. The number of nitrogens with one attached hydrogen (secondary N) is 1. The summed E-state index contributed by atoms with van der Waals surface area (Å²) < 4.78 is 15.0. The largest absolute Gasteiger partial charge is 0.352 e. The molecule has 1 aromatic heterocycles. The lowest BCUT2D eigenvalue weighted by atomic mass is 10.2. The lowest BCUT2D eigenvalue weighted by molar-refractivity contribution is -0.120. The van der Waals surface area contributed by atoms with Gasteiger partial charge in [-0.3, -0.25) is 4.79 Å². The number of nitrogens with two attached hydrogens (primary N) is 1. The molecule has 2 aromatic rings. The van der Waals surface area contributed by atoms with E-state index in [0.29, 0.717) is 11.2 Å². The van der Waals surface area contributed by atoms with Crippen molar-refractivity contribution in [3.8, 4) is 11.4 Å². The maximum atomic E-state index is 13.8. The highest BCUT2D eigenvalue weighted by Gasteiger charge is 2.27. The van der Waals surface area contributed by atoms with E-state index < -0.39 is 5.82 Å². The number of thioether (sulfide) groups is 1. The number of amides is 1.